The Balaban J connectivity index is 3.16. The molecule has 1 aromatic heterocycles. The van der Waals surface area contributed by atoms with Crippen molar-refractivity contribution in [3.8, 4) is 12.3 Å². The van der Waals surface area contributed by atoms with Gasteiger partial charge in [0.2, 0.25) is 10.0 Å². The summed E-state index contributed by atoms with van der Waals surface area (Å²) in [6.45, 7) is 4.07. The average Bonchev–Trinajstić information content (AvgIpc) is 2.81. The van der Waals surface area contributed by atoms with Gasteiger partial charge in [-0.05, 0) is 18.9 Å². The maximum Gasteiger partial charge on any atom is 0.352 e. The summed E-state index contributed by atoms with van der Waals surface area (Å²) in [5.41, 5.74) is -0.0546. The van der Waals surface area contributed by atoms with Crippen molar-refractivity contribution in [3.05, 3.63) is 18.0 Å². The van der Waals surface area contributed by atoms with Crippen molar-refractivity contribution in [2.45, 2.75) is 44.2 Å². The summed E-state index contributed by atoms with van der Waals surface area (Å²) in [6, 6.07) is 0.534. The number of aromatic nitrogens is 1. The van der Waals surface area contributed by atoms with Crippen LogP contribution in [-0.2, 0) is 16.6 Å². The predicted octanol–water partition coefficient (Wildman–Crippen LogP) is 1.29. The van der Waals surface area contributed by atoms with E-state index >= 15 is 0 Å². The van der Waals surface area contributed by atoms with Crippen molar-refractivity contribution in [1.82, 2.24) is 9.29 Å². The normalized spacial score (nSPS) is 12.8. The van der Waals surface area contributed by atoms with Crippen LogP contribution in [0.3, 0.4) is 0 Å². The molecule has 0 aliphatic heterocycles. The highest BCUT2D eigenvalue weighted by Gasteiger charge is 2.23. The molecule has 1 heterocycles. The Bertz CT molecular complexity index is 625. The molecule has 2 N–H and O–H groups in total. The minimum absolute atomic E-state index is 0.0546. The fourth-order valence-corrected chi connectivity index (χ4v) is 3.00. The van der Waals surface area contributed by atoms with Crippen LogP contribution in [0.2, 0.25) is 0 Å². The highest BCUT2D eigenvalue weighted by Crippen LogP contribution is 2.16. The molecule has 7 heteroatoms. The lowest BCUT2D eigenvalue weighted by molar-refractivity contribution is 0.0685. The molecule has 1 aromatic rings. The summed E-state index contributed by atoms with van der Waals surface area (Å²) in [5.74, 6) is 1.17. The Hall–Kier alpha value is -1.78. The van der Waals surface area contributed by atoms with Gasteiger partial charge in [-0.3, -0.25) is 0 Å². The predicted molar refractivity (Wildman–Crippen MR) is 74.9 cm³/mol. The van der Waals surface area contributed by atoms with Gasteiger partial charge in [0, 0.05) is 12.7 Å². The lowest BCUT2D eigenvalue weighted by atomic mass is 10.3. The van der Waals surface area contributed by atoms with E-state index in [9.17, 15) is 13.2 Å². The van der Waals surface area contributed by atoms with Crippen molar-refractivity contribution >= 4 is 16.0 Å². The molecule has 110 valence electrons. The number of hydrogen-bond acceptors (Lipinski definition) is 3. The number of sulfonamides is 1. The van der Waals surface area contributed by atoms with E-state index in [1.54, 1.807) is 6.92 Å². The molecule has 1 rings (SSSR count). The molecule has 0 fully saturated rings. The lowest BCUT2D eigenvalue weighted by Gasteiger charge is -2.09. The van der Waals surface area contributed by atoms with E-state index in [0.29, 0.717) is 19.4 Å². The van der Waals surface area contributed by atoms with E-state index in [1.165, 1.54) is 10.8 Å². The number of carbonyl (C=O) groups is 1. The highest BCUT2D eigenvalue weighted by atomic mass is 32.2. The Morgan fingerprint density at radius 3 is 2.65 bits per heavy atom. The van der Waals surface area contributed by atoms with Crippen molar-refractivity contribution in [2.24, 2.45) is 0 Å². The van der Waals surface area contributed by atoms with Crippen molar-refractivity contribution < 1.29 is 18.3 Å². The number of terminal acetylenes is 1. The molecule has 1 unspecified atom stereocenters. The van der Waals surface area contributed by atoms with Crippen LogP contribution in [0, 0.1) is 12.3 Å². The maximum absolute atomic E-state index is 12.1. The molecule has 0 saturated carbocycles. The zero-order valence-corrected chi connectivity index (χ0v) is 12.3. The molecule has 0 radical (unpaired) electrons. The Labute approximate surface area is 118 Å². The van der Waals surface area contributed by atoms with Gasteiger partial charge in [-0.1, -0.05) is 19.8 Å². The van der Waals surface area contributed by atoms with Crippen molar-refractivity contribution in [3.63, 3.8) is 0 Å². The first-order valence-corrected chi connectivity index (χ1v) is 7.76. The van der Waals surface area contributed by atoms with Gasteiger partial charge in [0.05, 0.1) is 6.04 Å². The highest BCUT2D eigenvalue weighted by molar-refractivity contribution is 7.89. The van der Waals surface area contributed by atoms with E-state index in [1.807, 2.05) is 6.92 Å². The average molecular weight is 298 g/mol. The van der Waals surface area contributed by atoms with E-state index in [0.717, 1.165) is 6.07 Å². The number of nitrogens with zero attached hydrogens (tertiary/aromatic N) is 1. The summed E-state index contributed by atoms with van der Waals surface area (Å²) in [5, 5.41) is 9.08. The molecular formula is C13H18N2O4S. The van der Waals surface area contributed by atoms with Crippen LogP contribution in [0.5, 0.6) is 0 Å². The Morgan fingerprint density at radius 2 is 2.20 bits per heavy atom. The first-order valence-electron chi connectivity index (χ1n) is 6.27. The van der Waals surface area contributed by atoms with Gasteiger partial charge in [0.15, 0.2) is 0 Å². The van der Waals surface area contributed by atoms with E-state index < -0.39 is 22.0 Å². The van der Waals surface area contributed by atoms with Crippen LogP contribution in [-0.4, -0.2) is 30.1 Å². The molecule has 0 saturated heterocycles. The summed E-state index contributed by atoms with van der Waals surface area (Å²) in [6.07, 6.45) is 7.70. The summed E-state index contributed by atoms with van der Waals surface area (Å²) >= 11 is 0. The standard InChI is InChI=1S/C13H18N2O4S/c1-4-7-15-9-11(8-12(15)13(16)17)20(18,19)14-10(5-2)6-3/h2,8-10,14H,4,6-7H2,1,3H3,(H,16,17). The quantitative estimate of drug-likeness (QED) is 0.742. The number of aromatic carboxylic acids is 1. The van der Waals surface area contributed by atoms with Gasteiger partial charge in [0.25, 0.3) is 0 Å². The van der Waals surface area contributed by atoms with Gasteiger partial charge in [-0.25, -0.2) is 13.2 Å². The van der Waals surface area contributed by atoms with Crippen LogP contribution < -0.4 is 4.72 Å². The first-order chi connectivity index (χ1) is 9.35. The van der Waals surface area contributed by atoms with E-state index in [4.69, 9.17) is 11.5 Å². The molecule has 0 spiro atoms. The third kappa shape index (κ3) is 3.62. The molecule has 0 bridgehead atoms. The first kappa shape index (κ1) is 16.3. The van der Waals surface area contributed by atoms with Gasteiger partial charge in [-0.15, -0.1) is 6.42 Å². The molecule has 0 aliphatic rings. The monoisotopic (exact) mass is 298 g/mol. The minimum atomic E-state index is -3.81. The molecular weight excluding hydrogens is 280 g/mol. The second kappa shape index (κ2) is 6.59. The van der Waals surface area contributed by atoms with Crippen molar-refractivity contribution in [2.75, 3.05) is 0 Å². The number of carboxylic acid groups (broad SMARTS) is 1. The lowest BCUT2D eigenvalue weighted by Crippen LogP contribution is -2.33. The largest absolute Gasteiger partial charge is 0.477 e. The van der Waals surface area contributed by atoms with Gasteiger partial charge < -0.3 is 9.67 Å². The number of carboxylic acids is 1. The van der Waals surface area contributed by atoms with Crippen LogP contribution >= 0.6 is 0 Å². The fraction of sp³-hybridized carbons (Fsp3) is 0.462. The minimum Gasteiger partial charge on any atom is -0.477 e. The molecule has 0 aromatic carbocycles. The second-order valence-corrected chi connectivity index (χ2v) is 6.02. The van der Waals surface area contributed by atoms with Crippen LogP contribution in [0.25, 0.3) is 0 Å². The zero-order valence-electron chi connectivity index (χ0n) is 11.5. The number of hydrogen-bond donors (Lipinski definition) is 2. The molecule has 6 nitrogen and oxygen atoms in total. The summed E-state index contributed by atoms with van der Waals surface area (Å²) in [4.78, 5) is 11.0. The van der Waals surface area contributed by atoms with Gasteiger partial charge in [-0.2, -0.15) is 4.72 Å². The Kier molecular flexibility index (Phi) is 5.36. The third-order valence-electron chi connectivity index (χ3n) is 2.77. The molecule has 0 aliphatic carbocycles. The zero-order chi connectivity index (χ0) is 15.3. The van der Waals surface area contributed by atoms with Gasteiger partial charge >= 0.3 is 5.97 Å². The SMILES string of the molecule is C#CC(CC)NS(=O)(=O)c1cc(C(=O)O)n(CCC)c1. The molecule has 1 atom stereocenters. The smallest absolute Gasteiger partial charge is 0.352 e. The van der Waals surface area contributed by atoms with Gasteiger partial charge in [0.1, 0.15) is 10.6 Å². The Morgan fingerprint density at radius 1 is 1.55 bits per heavy atom. The summed E-state index contributed by atoms with van der Waals surface area (Å²) < 4.78 is 28.1. The fourth-order valence-electron chi connectivity index (χ4n) is 1.73. The molecule has 20 heavy (non-hydrogen) atoms. The summed E-state index contributed by atoms with van der Waals surface area (Å²) in [7, 11) is -3.81. The van der Waals surface area contributed by atoms with Crippen LogP contribution in [0.4, 0.5) is 0 Å². The number of rotatable bonds is 7. The van der Waals surface area contributed by atoms with Crippen molar-refractivity contribution in [1.29, 1.82) is 0 Å². The second-order valence-electron chi connectivity index (χ2n) is 4.31. The van der Waals surface area contributed by atoms with E-state index in [2.05, 4.69) is 10.6 Å². The van der Waals surface area contributed by atoms with Crippen LogP contribution in [0.15, 0.2) is 17.2 Å². The molecule has 0 amide bonds. The number of nitrogens with one attached hydrogen (secondary N) is 1. The van der Waals surface area contributed by atoms with Crippen LogP contribution in [0.1, 0.15) is 37.2 Å². The number of aryl methyl sites for hydroxylation is 1. The topological polar surface area (TPSA) is 88.4 Å². The van der Waals surface area contributed by atoms with E-state index in [-0.39, 0.29) is 10.6 Å². The third-order valence-corrected chi connectivity index (χ3v) is 4.21. The maximum atomic E-state index is 12.1.